The molecule has 0 saturated carbocycles. The highest BCUT2D eigenvalue weighted by atomic mass is 19.4. The molecule has 8 heteroatoms. The summed E-state index contributed by atoms with van der Waals surface area (Å²) in [5, 5.41) is 0. The third-order valence-electron chi connectivity index (χ3n) is 3.34. The molecule has 20 heavy (non-hydrogen) atoms. The number of nitrogens with two attached hydrogens (primary N) is 1. The molecule has 0 aromatic carbocycles. The monoisotopic (exact) mass is 289 g/mol. The minimum absolute atomic E-state index is 0.363. The fourth-order valence-electron chi connectivity index (χ4n) is 2.31. The molecule has 1 saturated heterocycles. The van der Waals surface area contributed by atoms with E-state index in [4.69, 9.17) is 5.73 Å². The van der Waals surface area contributed by atoms with Crippen molar-refractivity contribution in [2.45, 2.75) is 20.0 Å². The Morgan fingerprint density at radius 1 is 1.10 bits per heavy atom. The average Bonchev–Trinajstić information content (AvgIpc) is 2.33. The van der Waals surface area contributed by atoms with Crippen LogP contribution in [0.1, 0.15) is 11.4 Å². The van der Waals surface area contributed by atoms with Gasteiger partial charge in [0.05, 0.1) is 6.54 Å². The van der Waals surface area contributed by atoms with Crippen molar-refractivity contribution in [2.24, 2.45) is 0 Å². The van der Waals surface area contributed by atoms with E-state index < -0.39 is 12.7 Å². The van der Waals surface area contributed by atoms with Gasteiger partial charge in [-0.2, -0.15) is 13.2 Å². The molecule has 1 fully saturated rings. The SMILES string of the molecule is Cc1nc(N)c(C)c(N2CCN(CC(F)(F)F)CC2)n1. The highest BCUT2D eigenvalue weighted by Gasteiger charge is 2.32. The van der Waals surface area contributed by atoms with Crippen molar-refractivity contribution in [3.8, 4) is 0 Å². The summed E-state index contributed by atoms with van der Waals surface area (Å²) in [5.41, 5.74) is 6.58. The van der Waals surface area contributed by atoms with E-state index in [2.05, 4.69) is 9.97 Å². The largest absolute Gasteiger partial charge is 0.401 e. The average molecular weight is 289 g/mol. The first kappa shape index (κ1) is 14.8. The zero-order valence-corrected chi connectivity index (χ0v) is 11.5. The lowest BCUT2D eigenvalue weighted by Gasteiger charge is -2.36. The molecular formula is C12H18F3N5. The molecule has 0 radical (unpaired) electrons. The molecule has 2 N–H and O–H groups in total. The van der Waals surface area contributed by atoms with Crippen molar-refractivity contribution in [3.63, 3.8) is 0 Å². The standard InChI is InChI=1S/C12H18F3N5/c1-8-10(16)17-9(2)18-11(8)20-5-3-19(4-6-20)7-12(13,14)15/h3-7H2,1-2H3,(H2,16,17,18). The molecule has 1 aliphatic heterocycles. The van der Waals surface area contributed by atoms with E-state index in [-0.39, 0.29) is 0 Å². The van der Waals surface area contributed by atoms with E-state index >= 15 is 0 Å². The van der Waals surface area contributed by atoms with Gasteiger partial charge in [0, 0.05) is 31.7 Å². The van der Waals surface area contributed by atoms with Crippen LogP contribution in [0.15, 0.2) is 0 Å². The number of rotatable bonds is 2. The van der Waals surface area contributed by atoms with Crippen LogP contribution in [-0.2, 0) is 0 Å². The number of anilines is 2. The van der Waals surface area contributed by atoms with Crippen LogP contribution in [-0.4, -0.2) is 53.8 Å². The van der Waals surface area contributed by atoms with Gasteiger partial charge in [-0.1, -0.05) is 0 Å². The van der Waals surface area contributed by atoms with Crippen molar-refractivity contribution in [1.82, 2.24) is 14.9 Å². The van der Waals surface area contributed by atoms with Crippen LogP contribution in [0.3, 0.4) is 0 Å². The zero-order chi connectivity index (χ0) is 14.9. The third-order valence-corrected chi connectivity index (χ3v) is 3.34. The summed E-state index contributed by atoms with van der Waals surface area (Å²) in [6.07, 6.45) is -4.14. The highest BCUT2D eigenvalue weighted by molar-refractivity contribution is 5.56. The summed E-state index contributed by atoms with van der Waals surface area (Å²) in [6, 6.07) is 0. The number of halogens is 3. The Morgan fingerprint density at radius 2 is 1.70 bits per heavy atom. The van der Waals surface area contributed by atoms with E-state index in [0.717, 1.165) is 11.4 Å². The van der Waals surface area contributed by atoms with Gasteiger partial charge in [-0.3, -0.25) is 4.90 Å². The molecule has 0 bridgehead atoms. The van der Waals surface area contributed by atoms with E-state index in [1.54, 1.807) is 6.92 Å². The Morgan fingerprint density at radius 3 is 2.25 bits per heavy atom. The van der Waals surface area contributed by atoms with Gasteiger partial charge in [0.2, 0.25) is 0 Å². The number of aromatic nitrogens is 2. The first-order valence-electron chi connectivity index (χ1n) is 6.41. The van der Waals surface area contributed by atoms with Crippen molar-refractivity contribution >= 4 is 11.6 Å². The van der Waals surface area contributed by atoms with Gasteiger partial charge < -0.3 is 10.6 Å². The summed E-state index contributed by atoms with van der Waals surface area (Å²) in [5.74, 6) is 1.72. The maximum absolute atomic E-state index is 12.3. The Bertz CT molecular complexity index is 481. The topological polar surface area (TPSA) is 58.3 Å². The van der Waals surface area contributed by atoms with E-state index in [9.17, 15) is 13.2 Å². The molecule has 0 atom stereocenters. The van der Waals surface area contributed by atoms with Gasteiger partial charge in [-0.25, -0.2) is 9.97 Å². The fraction of sp³-hybridized carbons (Fsp3) is 0.667. The molecular weight excluding hydrogens is 271 g/mol. The predicted molar refractivity (Wildman–Crippen MR) is 70.6 cm³/mol. The van der Waals surface area contributed by atoms with Crippen LogP contribution in [0.4, 0.5) is 24.8 Å². The second-order valence-corrected chi connectivity index (χ2v) is 4.98. The molecule has 0 spiro atoms. The van der Waals surface area contributed by atoms with Gasteiger partial charge in [0.15, 0.2) is 0 Å². The number of hydrogen-bond acceptors (Lipinski definition) is 5. The summed E-state index contributed by atoms with van der Waals surface area (Å²) in [7, 11) is 0. The lowest BCUT2D eigenvalue weighted by Crippen LogP contribution is -2.49. The molecule has 0 unspecified atom stereocenters. The van der Waals surface area contributed by atoms with E-state index in [1.165, 1.54) is 4.90 Å². The Balaban J connectivity index is 2.04. The predicted octanol–water partition coefficient (Wildman–Crippen LogP) is 1.36. The molecule has 1 aromatic rings. The minimum Gasteiger partial charge on any atom is -0.383 e. The summed E-state index contributed by atoms with van der Waals surface area (Å²) >= 11 is 0. The number of nitrogens with zero attached hydrogens (tertiary/aromatic N) is 4. The maximum Gasteiger partial charge on any atom is 0.401 e. The smallest absolute Gasteiger partial charge is 0.383 e. The second-order valence-electron chi connectivity index (χ2n) is 4.98. The van der Waals surface area contributed by atoms with Gasteiger partial charge in [-0.05, 0) is 13.8 Å². The second kappa shape index (κ2) is 5.43. The maximum atomic E-state index is 12.3. The van der Waals surface area contributed by atoms with E-state index in [1.807, 2.05) is 11.8 Å². The highest BCUT2D eigenvalue weighted by Crippen LogP contribution is 2.23. The Hall–Kier alpha value is -1.57. The van der Waals surface area contributed by atoms with Crippen molar-refractivity contribution < 1.29 is 13.2 Å². The number of alkyl halides is 3. The molecule has 2 heterocycles. The number of aryl methyl sites for hydroxylation is 1. The van der Waals surface area contributed by atoms with Crippen molar-refractivity contribution in [2.75, 3.05) is 43.4 Å². The van der Waals surface area contributed by atoms with Gasteiger partial charge >= 0.3 is 6.18 Å². The molecule has 2 rings (SSSR count). The third kappa shape index (κ3) is 3.50. The molecule has 1 aliphatic rings. The van der Waals surface area contributed by atoms with Crippen molar-refractivity contribution in [1.29, 1.82) is 0 Å². The van der Waals surface area contributed by atoms with Crippen LogP contribution in [0, 0.1) is 13.8 Å². The summed E-state index contributed by atoms with van der Waals surface area (Å²) < 4.78 is 37.0. The molecule has 0 amide bonds. The van der Waals surface area contributed by atoms with Gasteiger partial charge in [-0.15, -0.1) is 0 Å². The molecule has 5 nitrogen and oxygen atoms in total. The van der Waals surface area contributed by atoms with Gasteiger partial charge in [0.1, 0.15) is 17.5 Å². The first-order chi connectivity index (χ1) is 9.26. The fourth-order valence-corrected chi connectivity index (χ4v) is 2.31. The van der Waals surface area contributed by atoms with Crippen LogP contribution >= 0.6 is 0 Å². The van der Waals surface area contributed by atoms with Crippen LogP contribution in [0.25, 0.3) is 0 Å². The minimum atomic E-state index is -4.14. The summed E-state index contributed by atoms with van der Waals surface area (Å²) in [4.78, 5) is 11.8. The molecule has 1 aromatic heterocycles. The number of nitrogen functional groups attached to an aromatic ring is 1. The van der Waals surface area contributed by atoms with Crippen molar-refractivity contribution in [3.05, 3.63) is 11.4 Å². The zero-order valence-electron chi connectivity index (χ0n) is 11.5. The normalized spacial score (nSPS) is 17.6. The Kier molecular flexibility index (Phi) is 4.03. The van der Waals surface area contributed by atoms with E-state index in [0.29, 0.717) is 37.8 Å². The Labute approximate surface area is 115 Å². The van der Waals surface area contributed by atoms with Crippen LogP contribution in [0.5, 0.6) is 0 Å². The lowest BCUT2D eigenvalue weighted by atomic mass is 10.2. The summed E-state index contributed by atoms with van der Waals surface area (Å²) in [6.45, 7) is 4.46. The quantitative estimate of drug-likeness (QED) is 0.891. The molecule has 0 aliphatic carbocycles. The van der Waals surface area contributed by atoms with Crippen LogP contribution < -0.4 is 10.6 Å². The lowest BCUT2D eigenvalue weighted by molar-refractivity contribution is -0.146. The first-order valence-corrected chi connectivity index (χ1v) is 6.41. The van der Waals surface area contributed by atoms with Gasteiger partial charge in [0.25, 0.3) is 0 Å². The number of piperazine rings is 1. The van der Waals surface area contributed by atoms with Crippen LogP contribution in [0.2, 0.25) is 0 Å². The molecule has 112 valence electrons. The number of hydrogen-bond donors (Lipinski definition) is 1.